The fraction of sp³-hybridized carbons (Fsp3) is 0.286. The lowest BCUT2D eigenvalue weighted by Crippen LogP contribution is -2.28. The fourth-order valence-electron chi connectivity index (χ4n) is 3.40. The fourth-order valence-corrected chi connectivity index (χ4v) is 3.40. The van der Waals surface area contributed by atoms with Crippen molar-refractivity contribution in [3.05, 3.63) is 65.8 Å². The topological polar surface area (TPSA) is 71.8 Å². The van der Waals surface area contributed by atoms with Crippen LogP contribution in [0.1, 0.15) is 29.9 Å². The molecule has 0 unspecified atom stereocenters. The van der Waals surface area contributed by atoms with E-state index in [1.54, 1.807) is 6.20 Å². The van der Waals surface area contributed by atoms with Crippen LogP contribution in [0.25, 0.3) is 11.1 Å². The molecule has 0 atom stereocenters. The standard InChI is InChI=1S/C21H22FN5O/c1-14-5-6-15(16-8-17(22)11-23-10-16)9-19(14)26-21(28)24-12-18-13-27-7-3-2-4-20(27)25-18/h5-6,8-11,13H,2-4,7,12H2,1H3,(H2,24,26,28). The van der Waals surface area contributed by atoms with Crippen LogP contribution in [0.4, 0.5) is 14.9 Å². The van der Waals surface area contributed by atoms with E-state index in [0.717, 1.165) is 41.8 Å². The van der Waals surface area contributed by atoms with Crippen molar-refractivity contribution in [3.8, 4) is 11.1 Å². The minimum atomic E-state index is -0.395. The van der Waals surface area contributed by atoms with Gasteiger partial charge in [-0.05, 0) is 43.0 Å². The summed E-state index contributed by atoms with van der Waals surface area (Å²) in [6.45, 7) is 3.28. The summed E-state index contributed by atoms with van der Waals surface area (Å²) in [5.41, 5.74) is 3.90. The van der Waals surface area contributed by atoms with Gasteiger partial charge in [-0.3, -0.25) is 4.98 Å². The van der Waals surface area contributed by atoms with Crippen LogP contribution >= 0.6 is 0 Å². The van der Waals surface area contributed by atoms with Crippen LogP contribution in [0, 0.1) is 12.7 Å². The molecular weight excluding hydrogens is 357 g/mol. The summed E-state index contributed by atoms with van der Waals surface area (Å²) >= 11 is 0. The third-order valence-corrected chi connectivity index (χ3v) is 4.91. The minimum Gasteiger partial charge on any atom is -0.335 e. The van der Waals surface area contributed by atoms with Gasteiger partial charge in [0.2, 0.25) is 0 Å². The number of aromatic nitrogens is 3. The number of benzene rings is 1. The number of carbonyl (C=O) groups excluding carboxylic acids is 1. The molecule has 1 aliphatic rings. The molecule has 0 saturated carbocycles. The highest BCUT2D eigenvalue weighted by molar-refractivity contribution is 5.91. The van der Waals surface area contributed by atoms with Crippen molar-refractivity contribution in [1.29, 1.82) is 0 Å². The molecule has 0 radical (unpaired) electrons. The number of amides is 2. The van der Waals surface area contributed by atoms with Gasteiger partial charge in [-0.2, -0.15) is 0 Å². The van der Waals surface area contributed by atoms with Gasteiger partial charge >= 0.3 is 6.03 Å². The second kappa shape index (κ2) is 7.80. The van der Waals surface area contributed by atoms with Crippen LogP contribution in [0.15, 0.2) is 42.9 Å². The van der Waals surface area contributed by atoms with Gasteiger partial charge in [0.1, 0.15) is 11.6 Å². The van der Waals surface area contributed by atoms with Gasteiger partial charge in [0.25, 0.3) is 0 Å². The summed E-state index contributed by atoms with van der Waals surface area (Å²) in [4.78, 5) is 20.8. The maximum Gasteiger partial charge on any atom is 0.319 e. The zero-order chi connectivity index (χ0) is 19.5. The Morgan fingerprint density at radius 1 is 1.21 bits per heavy atom. The van der Waals surface area contributed by atoms with E-state index >= 15 is 0 Å². The highest BCUT2D eigenvalue weighted by atomic mass is 19.1. The van der Waals surface area contributed by atoms with Crippen LogP contribution in [0.5, 0.6) is 0 Å². The quantitative estimate of drug-likeness (QED) is 0.718. The number of fused-ring (bicyclic) bond motifs is 1. The third-order valence-electron chi connectivity index (χ3n) is 4.91. The Morgan fingerprint density at radius 3 is 2.93 bits per heavy atom. The summed E-state index contributed by atoms with van der Waals surface area (Å²) < 4.78 is 15.6. The van der Waals surface area contributed by atoms with Crippen LogP contribution in [-0.2, 0) is 19.5 Å². The van der Waals surface area contributed by atoms with E-state index in [4.69, 9.17) is 0 Å². The Kier molecular flexibility index (Phi) is 5.06. The van der Waals surface area contributed by atoms with E-state index in [2.05, 4.69) is 25.2 Å². The predicted octanol–water partition coefficient (Wildman–Crippen LogP) is 4.05. The Morgan fingerprint density at radius 2 is 2.11 bits per heavy atom. The molecule has 28 heavy (non-hydrogen) atoms. The molecule has 0 saturated heterocycles. The van der Waals surface area contributed by atoms with Gasteiger partial charge in [0.05, 0.1) is 18.4 Å². The summed E-state index contributed by atoms with van der Waals surface area (Å²) in [6.07, 6.45) is 8.11. The van der Waals surface area contributed by atoms with Crippen LogP contribution < -0.4 is 10.6 Å². The second-order valence-electron chi connectivity index (χ2n) is 7.03. The maximum absolute atomic E-state index is 13.4. The van der Waals surface area contributed by atoms with Crippen LogP contribution in [0.2, 0.25) is 0 Å². The molecule has 2 aromatic heterocycles. The first-order valence-corrected chi connectivity index (χ1v) is 9.40. The largest absolute Gasteiger partial charge is 0.335 e. The lowest BCUT2D eigenvalue weighted by Gasteiger charge is -2.12. The molecule has 0 spiro atoms. The Labute approximate surface area is 162 Å². The number of hydrogen-bond donors (Lipinski definition) is 2. The molecule has 1 aliphatic heterocycles. The average molecular weight is 379 g/mol. The van der Waals surface area contributed by atoms with Gasteiger partial charge in [-0.1, -0.05) is 12.1 Å². The molecule has 0 bridgehead atoms. The lowest BCUT2D eigenvalue weighted by atomic mass is 10.0. The van der Waals surface area contributed by atoms with Gasteiger partial charge in [-0.25, -0.2) is 14.2 Å². The third kappa shape index (κ3) is 4.03. The number of pyridine rings is 1. The molecule has 3 heterocycles. The zero-order valence-electron chi connectivity index (χ0n) is 15.7. The molecule has 7 heteroatoms. The molecule has 2 amide bonds. The molecule has 3 aromatic rings. The van der Waals surface area contributed by atoms with Crippen molar-refractivity contribution in [3.63, 3.8) is 0 Å². The number of urea groups is 1. The number of nitrogens with zero attached hydrogens (tertiary/aromatic N) is 3. The van der Waals surface area contributed by atoms with Crippen LogP contribution in [0.3, 0.4) is 0 Å². The SMILES string of the molecule is Cc1ccc(-c2cncc(F)c2)cc1NC(=O)NCc1cn2c(n1)CCCC2. The highest BCUT2D eigenvalue weighted by Crippen LogP contribution is 2.25. The molecule has 4 rings (SSSR count). The van der Waals surface area contributed by atoms with Crippen molar-refractivity contribution in [1.82, 2.24) is 19.9 Å². The first-order chi connectivity index (χ1) is 13.6. The number of imidazole rings is 1. The number of halogens is 1. The van der Waals surface area contributed by atoms with Crippen molar-refractivity contribution < 1.29 is 9.18 Å². The average Bonchev–Trinajstić information content (AvgIpc) is 3.11. The number of hydrogen-bond acceptors (Lipinski definition) is 3. The van der Waals surface area contributed by atoms with Gasteiger partial charge < -0.3 is 15.2 Å². The number of aryl methyl sites for hydroxylation is 3. The monoisotopic (exact) mass is 379 g/mol. The minimum absolute atomic E-state index is 0.302. The van der Waals surface area contributed by atoms with E-state index in [1.807, 2.05) is 31.3 Å². The summed E-state index contributed by atoms with van der Waals surface area (Å²) in [7, 11) is 0. The Hall–Kier alpha value is -3.22. The van der Waals surface area contributed by atoms with Gasteiger partial charge in [0, 0.05) is 36.6 Å². The lowest BCUT2D eigenvalue weighted by molar-refractivity contribution is 0.251. The maximum atomic E-state index is 13.4. The normalized spacial score (nSPS) is 13.1. The van der Waals surface area contributed by atoms with E-state index in [9.17, 15) is 9.18 Å². The molecule has 0 aliphatic carbocycles. The zero-order valence-corrected chi connectivity index (χ0v) is 15.7. The predicted molar refractivity (Wildman–Crippen MR) is 105 cm³/mol. The summed E-state index contributed by atoms with van der Waals surface area (Å²) in [6, 6.07) is 6.70. The Bertz CT molecular complexity index is 990. The van der Waals surface area contributed by atoms with Crippen molar-refractivity contribution >= 4 is 11.7 Å². The van der Waals surface area contributed by atoms with E-state index < -0.39 is 5.82 Å². The number of nitrogens with one attached hydrogen (secondary N) is 2. The van der Waals surface area contributed by atoms with Gasteiger partial charge in [0.15, 0.2) is 0 Å². The van der Waals surface area contributed by atoms with E-state index in [1.165, 1.54) is 18.9 Å². The van der Waals surface area contributed by atoms with E-state index in [0.29, 0.717) is 17.8 Å². The van der Waals surface area contributed by atoms with Crippen molar-refractivity contribution in [2.24, 2.45) is 0 Å². The molecule has 1 aromatic carbocycles. The molecular formula is C21H22FN5O. The number of carbonyl (C=O) groups is 1. The number of anilines is 1. The molecule has 2 N–H and O–H groups in total. The first-order valence-electron chi connectivity index (χ1n) is 9.40. The van der Waals surface area contributed by atoms with Crippen LogP contribution in [-0.4, -0.2) is 20.6 Å². The molecule has 0 fully saturated rings. The second-order valence-corrected chi connectivity index (χ2v) is 7.03. The first kappa shape index (κ1) is 18.2. The van der Waals surface area contributed by atoms with Crippen molar-refractivity contribution in [2.75, 3.05) is 5.32 Å². The number of rotatable bonds is 4. The Balaban J connectivity index is 1.42. The van der Waals surface area contributed by atoms with Crippen molar-refractivity contribution in [2.45, 2.75) is 39.3 Å². The molecule has 144 valence electrons. The highest BCUT2D eigenvalue weighted by Gasteiger charge is 2.13. The summed E-state index contributed by atoms with van der Waals surface area (Å²) in [5.74, 6) is 0.698. The summed E-state index contributed by atoms with van der Waals surface area (Å²) in [5, 5.41) is 5.72. The molecule has 6 nitrogen and oxygen atoms in total. The van der Waals surface area contributed by atoms with E-state index in [-0.39, 0.29) is 6.03 Å². The van der Waals surface area contributed by atoms with Gasteiger partial charge in [-0.15, -0.1) is 0 Å². The smallest absolute Gasteiger partial charge is 0.319 e.